The van der Waals surface area contributed by atoms with Crippen LogP contribution in [0.15, 0.2) is 54.7 Å². The van der Waals surface area contributed by atoms with Crippen molar-refractivity contribution in [2.75, 3.05) is 18.4 Å². The number of rotatable bonds is 2. The van der Waals surface area contributed by atoms with E-state index < -0.39 is 17.9 Å². The SMILES string of the molecule is O=C(Nc1ccc(Cl)cc1)C(=O)N1CCC(c2ccnc3ccc(F)cc23)C(O)C1. The van der Waals surface area contributed by atoms with Crippen molar-refractivity contribution < 1.29 is 19.1 Å². The van der Waals surface area contributed by atoms with Crippen LogP contribution in [0.2, 0.25) is 5.02 Å². The Kier molecular flexibility index (Phi) is 5.65. The molecular formula is C22H19ClFN3O3. The Balaban J connectivity index is 1.46. The number of hydrogen-bond acceptors (Lipinski definition) is 4. The minimum atomic E-state index is -0.889. The summed E-state index contributed by atoms with van der Waals surface area (Å²) in [5.41, 5.74) is 1.88. The van der Waals surface area contributed by atoms with Gasteiger partial charge in [-0.2, -0.15) is 0 Å². The van der Waals surface area contributed by atoms with Crippen molar-refractivity contribution in [3.05, 3.63) is 71.1 Å². The molecule has 3 aromatic rings. The summed E-state index contributed by atoms with van der Waals surface area (Å²) < 4.78 is 13.7. The second-order valence-electron chi connectivity index (χ2n) is 7.24. The Hall–Kier alpha value is -3.03. The van der Waals surface area contributed by atoms with Crippen LogP contribution in [-0.2, 0) is 9.59 Å². The fourth-order valence-electron chi connectivity index (χ4n) is 3.80. The van der Waals surface area contributed by atoms with E-state index in [0.29, 0.717) is 34.6 Å². The number of piperidine rings is 1. The Morgan fingerprint density at radius 1 is 1.17 bits per heavy atom. The molecule has 2 atom stereocenters. The van der Waals surface area contributed by atoms with Gasteiger partial charge in [0.05, 0.1) is 11.6 Å². The maximum Gasteiger partial charge on any atom is 0.313 e. The summed E-state index contributed by atoms with van der Waals surface area (Å²) in [5.74, 6) is -2.16. The standard InChI is InChI=1S/C22H19ClFN3O3/c23-13-1-4-15(5-2-13)26-21(29)22(30)27-10-8-17(20(28)12-27)16-7-9-25-19-6-3-14(24)11-18(16)19/h1-7,9,11,17,20,28H,8,10,12H2,(H,26,29). The number of pyridine rings is 1. The van der Waals surface area contributed by atoms with Crippen molar-refractivity contribution in [1.29, 1.82) is 0 Å². The molecule has 2 amide bonds. The lowest BCUT2D eigenvalue weighted by molar-refractivity contribution is -0.145. The van der Waals surface area contributed by atoms with Crippen molar-refractivity contribution in [3.8, 4) is 0 Å². The number of fused-ring (bicyclic) bond motifs is 1. The van der Waals surface area contributed by atoms with Crippen LogP contribution in [0.1, 0.15) is 17.9 Å². The average Bonchev–Trinajstić information content (AvgIpc) is 2.74. The van der Waals surface area contributed by atoms with E-state index >= 15 is 0 Å². The van der Waals surface area contributed by atoms with E-state index in [1.165, 1.54) is 17.0 Å². The lowest BCUT2D eigenvalue weighted by atomic mass is 9.85. The minimum Gasteiger partial charge on any atom is -0.391 e. The first kappa shape index (κ1) is 20.3. The lowest BCUT2D eigenvalue weighted by Gasteiger charge is -2.36. The summed E-state index contributed by atoms with van der Waals surface area (Å²) in [4.78, 5) is 30.4. The number of carbonyl (C=O) groups is 2. The summed E-state index contributed by atoms with van der Waals surface area (Å²) in [6.45, 7) is 0.310. The van der Waals surface area contributed by atoms with Gasteiger partial charge >= 0.3 is 11.8 Å². The number of β-amino-alcohol motifs (C(OH)–C–C–N with tert-alkyl or cyclic N) is 1. The molecule has 2 unspecified atom stereocenters. The molecule has 2 N–H and O–H groups in total. The Morgan fingerprint density at radius 3 is 2.67 bits per heavy atom. The number of benzene rings is 2. The number of anilines is 1. The van der Waals surface area contributed by atoms with Crippen LogP contribution >= 0.6 is 11.6 Å². The number of aliphatic hydroxyl groups excluding tert-OH is 1. The maximum absolute atomic E-state index is 13.7. The van der Waals surface area contributed by atoms with E-state index in [1.807, 2.05) is 0 Å². The van der Waals surface area contributed by atoms with Crippen molar-refractivity contribution in [1.82, 2.24) is 9.88 Å². The molecule has 0 radical (unpaired) electrons. The highest BCUT2D eigenvalue weighted by Gasteiger charge is 2.34. The van der Waals surface area contributed by atoms with Crippen LogP contribution < -0.4 is 5.32 Å². The molecule has 2 heterocycles. The number of halogens is 2. The highest BCUT2D eigenvalue weighted by atomic mass is 35.5. The molecule has 30 heavy (non-hydrogen) atoms. The second-order valence-corrected chi connectivity index (χ2v) is 7.67. The Morgan fingerprint density at radius 2 is 1.93 bits per heavy atom. The molecule has 1 aliphatic heterocycles. The van der Waals surface area contributed by atoms with E-state index in [2.05, 4.69) is 10.3 Å². The molecule has 1 aromatic heterocycles. The number of likely N-dealkylation sites (tertiary alicyclic amines) is 1. The molecule has 0 spiro atoms. The zero-order valence-electron chi connectivity index (χ0n) is 15.9. The van der Waals surface area contributed by atoms with Crippen LogP contribution in [0.5, 0.6) is 0 Å². The van der Waals surface area contributed by atoms with Crippen molar-refractivity contribution >= 4 is 40.0 Å². The van der Waals surface area contributed by atoms with Gasteiger partial charge in [-0.1, -0.05) is 11.6 Å². The third-order valence-corrected chi connectivity index (χ3v) is 5.55. The van der Waals surface area contributed by atoms with Crippen LogP contribution in [0.25, 0.3) is 10.9 Å². The zero-order valence-corrected chi connectivity index (χ0v) is 16.6. The normalized spacial score (nSPS) is 19.0. The molecule has 8 heteroatoms. The van der Waals surface area contributed by atoms with Gasteiger partial charge in [-0.3, -0.25) is 14.6 Å². The molecule has 6 nitrogen and oxygen atoms in total. The topological polar surface area (TPSA) is 82.5 Å². The fraction of sp³-hybridized carbons (Fsp3) is 0.227. The highest BCUT2D eigenvalue weighted by molar-refractivity contribution is 6.39. The average molecular weight is 428 g/mol. The highest BCUT2D eigenvalue weighted by Crippen LogP contribution is 2.33. The predicted octanol–water partition coefficient (Wildman–Crippen LogP) is 3.34. The molecule has 0 saturated carbocycles. The predicted molar refractivity (Wildman–Crippen MR) is 112 cm³/mol. The van der Waals surface area contributed by atoms with Crippen LogP contribution in [0, 0.1) is 5.82 Å². The third-order valence-electron chi connectivity index (χ3n) is 5.30. The van der Waals surface area contributed by atoms with Gasteiger partial charge in [0.2, 0.25) is 0 Å². The first-order valence-corrected chi connectivity index (χ1v) is 9.88. The smallest absolute Gasteiger partial charge is 0.313 e. The van der Waals surface area contributed by atoms with E-state index in [0.717, 1.165) is 5.56 Å². The van der Waals surface area contributed by atoms with E-state index in [1.54, 1.807) is 42.6 Å². The first-order chi connectivity index (χ1) is 14.4. The lowest BCUT2D eigenvalue weighted by Crippen LogP contribution is -2.49. The van der Waals surface area contributed by atoms with Crippen LogP contribution in [0.4, 0.5) is 10.1 Å². The van der Waals surface area contributed by atoms with Crippen molar-refractivity contribution in [3.63, 3.8) is 0 Å². The van der Waals surface area contributed by atoms with Gasteiger partial charge in [0.25, 0.3) is 0 Å². The number of aromatic nitrogens is 1. The zero-order chi connectivity index (χ0) is 21.3. The fourth-order valence-corrected chi connectivity index (χ4v) is 3.93. The van der Waals surface area contributed by atoms with Crippen LogP contribution in [0.3, 0.4) is 0 Å². The summed E-state index contributed by atoms with van der Waals surface area (Å²) in [6.07, 6.45) is 1.18. The summed E-state index contributed by atoms with van der Waals surface area (Å²) in [5, 5.41) is 14.4. The molecular weight excluding hydrogens is 409 g/mol. The van der Waals surface area contributed by atoms with Gasteiger partial charge in [-0.15, -0.1) is 0 Å². The van der Waals surface area contributed by atoms with Gasteiger partial charge in [-0.05, 0) is 60.5 Å². The van der Waals surface area contributed by atoms with Gasteiger partial charge in [0.1, 0.15) is 5.82 Å². The van der Waals surface area contributed by atoms with Gasteiger partial charge in [-0.25, -0.2) is 4.39 Å². The van der Waals surface area contributed by atoms with E-state index in [4.69, 9.17) is 11.6 Å². The van der Waals surface area contributed by atoms with Crippen molar-refractivity contribution in [2.24, 2.45) is 0 Å². The summed E-state index contributed by atoms with van der Waals surface area (Å²) in [7, 11) is 0. The van der Waals surface area contributed by atoms with Crippen LogP contribution in [-0.4, -0.2) is 46.0 Å². The van der Waals surface area contributed by atoms with Gasteiger partial charge in [0, 0.05) is 41.3 Å². The van der Waals surface area contributed by atoms with Crippen molar-refractivity contribution in [2.45, 2.75) is 18.4 Å². The third kappa shape index (κ3) is 4.13. The monoisotopic (exact) mass is 427 g/mol. The molecule has 154 valence electrons. The van der Waals surface area contributed by atoms with Gasteiger partial charge < -0.3 is 15.3 Å². The number of hydrogen-bond donors (Lipinski definition) is 2. The number of aliphatic hydroxyl groups is 1. The molecule has 1 aliphatic rings. The Labute approximate surface area is 177 Å². The molecule has 4 rings (SSSR count). The maximum atomic E-state index is 13.7. The summed E-state index contributed by atoms with van der Waals surface area (Å²) in [6, 6.07) is 12.5. The minimum absolute atomic E-state index is 0.0106. The van der Waals surface area contributed by atoms with Gasteiger partial charge in [0.15, 0.2) is 0 Å². The van der Waals surface area contributed by atoms with E-state index in [9.17, 15) is 19.1 Å². The molecule has 1 fully saturated rings. The molecule has 1 saturated heterocycles. The number of nitrogens with one attached hydrogen (secondary N) is 1. The second kappa shape index (κ2) is 8.38. The molecule has 0 aliphatic carbocycles. The van der Waals surface area contributed by atoms with E-state index in [-0.39, 0.29) is 18.3 Å². The quantitative estimate of drug-likeness (QED) is 0.614. The number of nitrogens with zero attached hydrogens (tertiary/aromatic N) is 2. The first-order valence-electron chi connectivity index (χ1n) is 9.50. The Bertz CT molecular complexity index is 1110. The molecule has 0 bridgehead atoms. The number of amides is 2. The molecule has 2 aromatic carbocycles. The largest absolute Gasteiger partial charge is 0.391 e. The number of carbonyl (C=O) groups excluding carboxylic acids is 2. The summed E-state index contributed by atoms with van der Waals surface area (Å²) >= 11 is 5.82.